The molecule has 20 heteroatoms. The first-order chi connectivity index (χ1) is 46.4. The van der Waals surface area contributed by atoms with Crippen molar-refractivity contribution >= 4 is 36.2 Å². The number of ether oxygens (including phenoxy) is 5. The van der Waals surface area contributed by atoms with E-state index in [0.29, 0.717) is 63.5 Å². The fraction of sp³-hybridized carbons (Fsp3) is 0.695. The van der Waals surface area contributed by atoms with Crippen LogP contribution in [0.25, 0.3) is 6.08 Å². The molecule has 5 saturated heterocycles. The Hall–Kier alpha value is -5.49. The second-order valence-electron chi connectivity index (χ2n) is 37.1. The van der Waals surface area contributed by atoms with E-state index in [-0.39, 0.29) is 76.9 Å². The number of nitrogens with zero attached hydrogens (tertiary/aromatic N) is 6. The number of benzene rings is 2. The highest BCUT2D eigenvalue weighted by Crippen LogP contribution is 2.51. The monoisotopic (exact) mass is 1430 g/mol. The first-order valence-electron chi connectivity index (χ1n) is 36.6. The maximum absolute atomic E-state index is 13.5. The molecule has 5 N–H and O–H groups in total. The van der Waals surface area contributed by atoms with Crippen molar-refractivity contribution in [3.63, 3.8) is 0 Å². The van der Waals surface area contributed by atoms with E-state index in [2.05, 4.69) is 135 Å². The summed E-state index contributed by atoms with van der Waals surface area (Å²) < 4.78 is 31.1. The lowest BCUT2D eigenvalue weighted by molar-refractivity contribution is -0.565. The van der Waals surface area contributed by atoms with Crippen molar-refractivity contribution < 1.29 is 73.5 Å². The molecule has 5 aliphatic heterocycles. The van der Waals surface area contributed by atoms with Crippen molar-refractivity contribution in [1.82, 2.24) is 25.3 Å². The van der Waals surface area contributed by atoms with Gasteiger partial charge in [0.15, 0.2) is 11.8 Å². The predicted octanol–water partition coefficient (Wildman–Crippen LogP) is 15.8. The van der Waals surface area contributed by atoms with Crippen molar-refractivity contribution in [3.8, 4) is 0 Å². The predicted molar refractivity (Wildman–Crippen MR) is 400 cm³/mol. The van der Waals surface area contributed by atoms with E-state index in [1.807, 2.05) is 135 Å². The van der Waals surface area contributed by atoms with Crippen molar-refractivity contribution in [2.75, 3.05) is 7.05 Å². The van der Waals surface area contributed by atoms with E-state index in [0.717, 1.165) is 24.8 Å². The van der Waals surface area contributed by atoms with Crippen LogP contribution < -0.4 is 0 Å². The second-order valence-corrected chi connectivity index (χ2v) is 37.1. The average molecular weight is 1430 g/mol. The number of fused-ring (bicyclic) bond motifs is 2. The van der Waals surface area contributed by atoms with E-state index in [9.17, 15) is 45.2 Å². The number of hydrogen-bond donors (Lipinski definition) is 5. The number of rotatable bonds is 13. The molecule has 0 amide bonds. The summed E-state index contributed by atoms with van der Waals surface area (Å²) in [5.41, 5.74) is -0.0908. The van der Waals surface area contributed by atoms with E-state index in [4.69, 9.17) is 23.7 Å². The molecular weight excluding hydrogens is 1290 g/mol. The van der Waals surface area contributed by atoms with Crippen LogP contribution in [-0.2, 0) is 49.5 Å². The SMILES string of the molecule is C=C(C)C(=O)OC1CC(C)(C)N(O)C(C)(C)C1.C=CC(=O)OC1CC(C)(C)N(O)C(C)(C)C1.C=Cc1ccc(COC2CC(C)(C)N(O)C(C)(C)C2)cc1.CC1(C)CC(OC(=O)C2C3C=CC(C3)C2C(=O)OC2CC(C)(C)N(O)C(C)(C)C2)CC(C)(C)N1O.C[N+](=Cc1ccccc1)C(C)(C)C. The molecule has 6 fully saturated rings. The van der Waals surface area contributed by atoms with E-state index in [1.165, 1.54) is 42.5 Å². The van der Waals surface area contributed by atoms with Crippen molar-refractivity contribution in [3.05, 3.63) is 115 Å². The van der Waals surface area contributed by atoms with Crippen LogP contribution in [0.4, 0.5) is 0 Å². The third-order valence-electron chi connectivity index (χ3n) is 21.5. The summed E-state index contributed by atoms with van der Waals surface area (Å²) in [6.07, 6.45) is 15.4. The highest BCUT2D eigenvalue weighted by molar-refractivity contribution is 5.87. The molecule has 0 spiro atoms. The summed E-state index contributed by atoms with van der Waals surface area (Å²) in [6, 6.07) is 18.6. The number of allylic oxidation sites excluding steroid dienone is 2. The van der Waals surface area contributed by atoms with Crippen LogP contribution in [0.5, 0.6) is 0 Å². The van der Waals surface area contributed by atoms with Gasteiger partial charge in [0.1, 0.15) is 31.5 Å². The highest BCUT2D eigenvalue weighted by Gasteiger charge is 2.57. The van der Waals surface area contributed by atoms with Crippen LogP contribution in [0.15, 0.2) is 98.1 Å². The molecule has 574 valence electrons. The normalized spacial score (nSPS) is 26.7. The van der Waals surface area contributed by atoms with Gasteiger partial charge < -0.3 is 49.7 Å². The minimum atomic E-state index is -0.546. The van der Waals surface area contributed by atoms with Gasteiger partial charge in [-0.3, -0.25) is 9.59 Å². The Labute approximate surface area is 612 Å². The van der Waals surface area contributed by atoms with Crippen LogP contribution in [0.2, 0.25) is 0 Å². The molecule has 102 heavy (non-hydrogen) atoms. The van der Waals surface area contributed by atoms with Gasteiger partial charge in [0.05, 0.1) is 24.5 Å². The Balaban J connectivity index is 0.000000242. The number of hydrogen-bond acceptors (Lipinski definition) is 19. The summed E-state index contributed by atoms with van der Waals surface area (Å²) in [5, 5.41) is 58.5. The Kier molecular flexibility index (Phi) is 28.3. The maximum Gasteiger partial charge on any atom is 0.333 e. The Morgan fingerprint density at radius 3 is 1.07 bits per heavy atom. The number of carbonyl (C=O) groups excluding carboxylic acids is 4. The zero-order valence-corrected chi connectivity index (χ0v) is 67.0. The van der Waals surface area contributed by atoms with Gasteiger partial charge in [-0.1, -0.05) is 80.4 Å². The lowest BCUT2D eigenvalue weighted by atomic mass is 9.79. The van der Waals surface area contributed by atoms with E-state index >= 15 is 0 Å². The van der Waals surface area contributed by atoms with Crippen LogP contribution in [0, 0.1) is 23.7 Å². The molecule has 0 aromatic heterocycles. The molecule has 1 saturated carbocycles. The van der Waals surface area contributed by atoms with Gasteiger partial charge in [0.2, 0.25) is 0 Å². The van der Waals surface area contributed by atoms with Crippen LogP contribution in [0.3, 0.4) is 0 Å². The van der Waals surface area contributed by atoms with Gasteiger partial charge in [-0.2, -0.15) is 25.3 Å². The lowest BCUT2D eigenvalue weighted by Gasteiger charge is -2.51. The van der Waals surface area contributed by atoms with Gasteiger partial charge in [0, 0.05) is 124 Å². The van der Waals surface area contributed by atoms with E-state index in [1.54, 1.807) is 6.92 Å². The molecule has 4 unspecified atom stereocenters. The number of piperidine rings is 5. The first kappa shape index (κ1) is 87.1. The third kappa shape index (κ3) is 22.8. The van der Waals surface area contributed by atoms with Gasteiger partial charge in [-0.05, 0) is 221 Å². The minimum Gasteiger partial charge on any atom is -0.462 e. The highest BCUT2D eigenvalue weighted by atomic mass is 16.6. The minimum absolute atomic E-state index is 0.0174. The fourth-order valence-corrected chi connectivity index (χ4v) is 16.7. The zero-order valence-electron chi connectivity index (χ0n) is 67.0. The van der Waals surface area contributed by atoms with E-state index < -0.39 is 62.1 Å². The molecule has 20 nitrogen and oxygen atoms in total. The average Bonchev–Trinajstić information content (AvgIpc) is 1.55. The molecule has 2 aromatic rings. The van der Waals surface area contributed by atoms with Crippen LogP contribution >= 0.6 is 0 Å². The topological polar surface area (TPSA) is 235 Å². The molecule has 7 aliphatic rings. The molecule has 2 bridgehead atoms. The number of esters is 4. The summed E-state index contributed by atoms with van der Waals surface area (Å²) in [5.74, 6) is -2.55. The summed E-state index contributed by atoms with van der Waals surface area (Å²) >= 11 is 0. The fourth-order valence-electron chi connectivity index (χ4n) is 16.7. The summed E-state index contributed by atoms with van der Waals surface area (Å²) in [4.78, 5) is 49.7. The quantitative estimate of drug-likeness (QED) is 0.0313. The van der Waals surface area contributed by atoms with Gasteiger partial charge >= 0.3 is 23.9 Å². The molecule has 0 radical (unpaired) electrons. The standard InChI is InChI=1S/C27H44N2O6.C18H27NO2.C13H23NO3.C12H21NO3.C12H18N/c1-24(2)12-18(13-25(3,4)28(24)32)34-22(30)20-16-9-10-17(11-16)21(20)23(31)35-19-14-26(5,6)29(33)27(7,8)15-19;1-6-14-7-9-15(10-8-14)13-21-16-11-17(2,3)19(20)18(4,5)12-16;1-9(2)11(15)17-10-7-12(3,4)14(16)13(5,6)8-10;1-6-10(14)16-9-7-11(2,3)13(15)12(4,5)8-9;1-12(2,3)13(4)10-11-8-6-5-7-9-11/h9-10,16-21,32-33H,11-15H2,1-8H3;6-10,16,20H,1,11-13H2,2-5H3;10,16H,1,7-8H2,2-6H3;6,9,15H,1,7-8H2,2-5H3;5-10H,1-4H3/q;;;;+1. The zero-order chi connectivity index (χ0) is 77.7. The van der Waals surface area contributed by atoms with Crippen LogP contribution in [-0.4, -0.2) is 185 Å². The number of hydroxylamine groups is 10. The van der Waals surface area contributed by atoms with Crippen LogP contribution in [0.1, 0.15) is 253 Å². The first-order valence-corrected chi connectivity index (χ1v) is 36.6. The van der Waals surface area contributed by atoms with Crippen molar-refractivity contribution in [1.29, 1.82) is 0 Å². The molecular formula is C82H133N6O14+. The van der Waals surface area contributed by atoms with Crippen molar-refractivity contribution in [2.45, 2.75) is 335 Å². The smallest absolute Gasteiger partial charge is 0.333 e. The van der Waals surface area contributed by atoms with Gasteiger partial charge in [-0.25, -0.2) is 14.2 Å². The molecule has 4 atom stereocenters. The maximum atomic E-state index is 13.5. The van der Waals surface area contributed by atoms with Gasteiger partial charge in [0.25, 0.3) is 0 Å². The Morgan fingerprint density at radius 1 is 0.471 bits per heavy atom. The molecule has 5 heterocycles. The summed E-state index contributed by atoms with van der Waals surface area (Å²) in [6.45, 7) is 58.8. The summed E-state index contributed by atoms with van der Waals surface area (Å²) in [7, 11) is 2.10. The molecule has 2 aromatic carbocycles. The molecule has 2 aliphatic carbocycles. The second kappa shape index (κ2) is 33.1. The lowest BCUT2D eigenvalue weighted by Crippen LogP contribution is -2.61. The largest absolute Gasteiger partial charge is 0.462 e. The Bertz CT molecular complexity index is 3110. The third-order valence-corrected chi connectivity index (χ3v) is 21.5. The Morgan fingerprint density at radius 2 is 0.775 bits per heavy atom. The van der Waals surface area contributed by atoms with Crippen molar-refractivity contribution in [2.24, 2.45) is 23.7 Å². The van der Waals surface area contributed by atoms with Gasteiger partial charge in [-0.15, -0.1) is 0 Å². The number of carbonyl (C=O) groups is 4. The molecule has 9 rings (SSSR count).